The van der Waals surface area contributed by atoms with Gasteiger partial charge in [0, 0.05) is 30.1 Å². The molecule has 1 N–H and O–H groups in total. The lowest BCUT2D eigenvalue weighted by molar-refractivity contribution is -0.132. The van der Waals surface area contributed by atoms with Gasteiger partial charge < -0.3 is 15.0 Å². The number of hydrogen-bond acceptors (Lipinski definition) is 3. The fourth-order valence-corrected chi connectivity index (χ4v) is 2.51. The van der Waals surface area contributed by atoms with E-state index in [1.165, 1.54) is 0 Å². The van der Waals surface area contributed by atoms with Crippen LogP contribution >= 0.6 is 28.3 Å². The van der Waals surface area contributed by atoms with Crippen molar-refractivity contribution in [3.8, 4) is 5.75 Å². The Labute approximate surface area is 134 Å². The summed E-state index contributed by atoms with van der Waals surface area (Å²) in [6.07, 6.45) is 0.430. The number of nitrogens with one attached hydrogen (secondary N) is 1. The number of halogens is 2. The Bertz CT molecular complexity index is 445. The fourth-order valence-electron chi connectivity index (χ4n) is 2.13. The highest BCUT2D eigenvalue weighted by molar-refractivity contribution is 9.10. The molecule has 0 aliphatic carbocycles. The fraction of sp³-hybridized carbons (Fsp3) is 0.500. The largest absolute Gasteiger partial charge is 0.493 e. The molecule has 4 nitrogen and oxygen atoms in total. The van der Waals surface area contributed by atoms with E-state index in [0.29, 0.717) is 19.1 Å². The highest BCUT2D eigenvalue weighted by Gasteiger charge is 2.19. The zero-order valence-electron chi connectivity index (χ0n) is 11.5. The third-order valence-electron chi connectivity index (χ3n) is 3.10. The number of nitrogens with zero attached hydrogens (tertiary/aromatic N) is 1. The minimum absolute atomic E-state index is 0. The van der Waals surface area contributed by atoms with E-state index in [4.69, 9.17) is 4.74 Å². The van der Waals surface area contributed by atoms with E-state index >= 15 is 0 Å². The summed E-state index contributed by atoms with van der Waals surface area (Å²) in [5.74, 6) is 0.958. The van der Waals surface area contributed by atoms with Gasteiger partial charge in [-0.3, -0.25) is 4.79 Å². The molecule has 20 heavy (non-hydrogen) atoms. The van der Waals surface area contributed by atoms with E-state index < -0.39 is 0 Å². The molecule has 112 valence electrons. The van der Waals surface area contributed by atoms with Gasteiger partial charge in [0.1, 0.15) is 5.75 Å². The van der Waals surface area contributed by atoms with Gasteiger partial charge in [-0.25, -0.2) is 0 Å². The normalized spacial score (nSPS) is 18.3. The molecule has 1 heterocycles. The van der Waals surface area contributed by atoms with Crippen LogP contribution in [0.2, 0.25) is 0 Å². The molecule has 0 spiro atoms. The first-order valence-corrected chi connectivity index (χ1v) is 7.34. The van der Waals surface area contributed by atoms with E-state index in [1.807, 2.05) is 29.2 Å². The van der Waals surface area contributed by atoms with E-state index in [2.05, 4.69) is 28.2 Å². The predicted molar refractivity (Wildman–Crippen MR) is 85.5 cm³/mol. The van der Waals surface area contributed by atoms with Gasteiger partial charge in [-0.15, -0.1) is 12.4 Å². The van der Waals surface area contributed by atoms with Gasteiger partial charge in [0.15, 0.2) is 0 Å². The maximum Gasteiger partial charge on any atom is 0.226 e. The van der Waals surface area contributed by atoms with Crippen molar-refractivity contribution in [3.05, 3.63) is 28.7 Å². The number of amides is 1. The Morgan fingerprint density at radius 1 is 1.55 bits per heavy atom. The minimum Gasteiger partial charge on any atom is -0.493 e. The molecule has 0 bridgehead atoms. The van der Waals surface area contributed by atoms with Crippen LogP contribution < -0.4 is 10.1 Å². The molecule has 2 rings (SSSR count). The van der Waals surface area contributed by atoms with Gasteiger partial charge in [-0.1, -0.05) is 22.0 Å². The molecule has 1 amide bonds. The van der Waals surface area contributed by atoms with Gasteiger partial charge in [0.05, 0.1) is 13.0 Å². The minimum atomic E-state index is 0. The topological polar surface area (TPSA) is 41.6 Å². The molecular formula is C14H20BrClN2O2. The SMILES string of the molecule is CC1CN(C(=O)CCOc2cccc(Br)c2)CCN1.Cl. The number of piperazine rings is 1. The van der Waals surface area contributed by atoms with Gasteiger partial charge in [0.25, 0.3) is 0 Å². The number of carbonyl (C=O) groups excluding carboxylic acids is 1. The average molecular weight is 364 g/mol. The smallest absolute Gasteiger partial charge is 0.226 e. The summed E-state index contributed by atoms with van der Waals surface area (Å²) in [4.78, 5) is 13.9. The van der Waals surface area contributed by atoms with Crippen LogP contribution in [0.5, 0.6) is 5.75 Å². The van der Waals surface area contributed by atoms with Crippen molar-refractivity contribution >= 4 is 34.2 Å². The highest BCUT2D eigenvalue weighted by Crippen LogP contribution is 2.17. The summed E-state index contributed by atoms with van der Waals surface area (Å²) < 4.78 is 6.56. The first kappa shape index (κ1) is 17.3. The van der Waals surface area contributed by atoms with Crippen LogP contribution in [0.25, 0.3) is 0 Å². The number of ether oxygens (including phenoxy) is 1. The number of benzene rings is 1. The van der Waals surface area contributed by atoms with Gasteiger partial charge in [0.2, 0.25) is 5.91 Å². The van der Waals surface area contributed by atoms with Crippen molar-refractivity contribution in [1.82, 2.24) is 10.2 Å². The maximum absolute atomic E-state index is 12.0. The summed E-state index contributed by atoms with van der Waals surface area (Å²) in [5, 5.41) is 3.32. The molecule has 1 atom stereocenters. The molecule has 1 saturated heterocycles. The first-order chi connectivity index (χ1) is 9.15. The second-order valence-corrected chi connectivity index (χ2v) is 5.67. The number of carbonyl (C=O) groups is 1. The zero-order chi connectivity index (χ0) is 13.7. The summed E-state index contributed by atoms with van der Waals surface area (Å²) in [7, 11) is 0. The van der Waals surface area contributed by atoms with E-state index in [0.717, 1.165) is 29.9 Å². The molecule has 0 saturated carbocycles. The molecule has 6 heteroatoms. The van der Waals surface area contributed by atoms with Crippen molar-refractivity contribution < 1.29 is 9.53 Å². The third kappa shape index (κ3) is 5.31. The molecule has 1 aliphatic heterocycles. The number of hydrogen-bond donors (Lipinski definition) is 1. The number of rotatable bonds is 4. The lowest BCUT2D eigenvalue weighted by Crippen LogP contribution is -2.51. The summed E-state index contributed by atoms with van der Waals surface area (Å²) in [6.45, 7) is 4.97. The Morgan fingerprint density at radius 3 is 3.05 bits per heavy atom. The average Bonchev–Trinajstić information content (AvgIpc) is 2.38. The van der Waals surface area contributed by atoms with Gasteiger partial charge in [-0.2, -0.15) is 0 Å². The lowest BCUT2D eigenvalue weighted by atomic mass is 10.2. The predicted octanol–water partition coefficient (Wildman–Crippen LogP) is 2.46. The van der Waals surface area contributed by atoms with Crippen LogP contribution in [0.4, 0.5) is 0 Å². The summed E-state index contributed by atoms with van der Waals surface area (Å²) in [5.41, 5.74) is 0. The van der Waals surface area contributed by atoms with E-state index in [9.17, 15) is 4.79 Å². The second-order valence-electron chi connectivity index (χ2n) is 4.75. The standard InChI is InChI=1S/C14H19BrN2O2.ClH/c1-11-10-17(7-6-16-11)14(18)5-8-19-13-4-2-3-12(15)9-13;/h2-4,9,11,16H,5-8,10H2,1H3;1H. The highest BCUT2D eigenvalue weighted by atomic mass is 79.9. The van der Waals surface area contributed by atoms with Gasteiger partial charge in [-0.05, 0) is 25.1 Å². The Balaban J connectivity index is 0.00000200. The van der Waals surface area contributed by atoms with Crippen LogP contribution in [0, 0.1) is 0 Å². The van der Waals surface area contributed by atoms with E-state index in [1.54, 1.807) is 0 Å². The molecule has 0 aromatic heterocycles. The monoisotopic (exact) mass is 362 g/mol. The van der Waals surface area contributed by atoms with Gasteiger partial charge >= 0.3 is 0 Å². The van der Waals surface area contributed by atoms with Crippen LogP contribution in [0.1, 0.15) is 13.3 Å². The second kappa shape index (κ2) is 8.49. The Morgan fingerprint density at radius 2 is 2.35 bits per heavy atom. The molecule has 0 radical (unpaired) electrons. The van der Waals surface area contributed by atoms with Crippen LogP contribution in [0.15, 0.2) is 28.7 Å². The summed E-state index contributed by atoms with van der Waals surface area (Å²) >= 11 is 3.39. The lowest BCUT2D eigenvalue weighted by Gasteiger charge is -2.31. The van der Waals surface area contributed by atoms with Crippen molar-refractivity contribution in [2.45, 2.75) is 19.4 Å². The van der Waals surface area contributed by atoms with Crippen LogP contribution in [-0.2, 0) is 4.79 Å². The third-order valence-corrected chi connectivity index (χ3v) is 3.60. The van der Waals surface area contributed by atoms with Crippen molar-refractivity contribution in [2.24, 2.45) is 0 Å². The van der Waals surface area contributed by atoms with Crippen molar-refractivity contribution in [1.29, 1.82) is 0 Å². The molecule has 1 aliphatic rings. The Kier molecular flexibility index (Phi) is 7.34. The van der Waals surface area contributed by atoms with Crippen LogP contribution in [-0.4, -0.2) is 43.1 Å². The molecule has 1 aromatic rings. The molecule has 1 unspecified atom stereocenters. The maximum atomic E-state index is 12.0. The van der Waals surface area contributed by atoms with Crippen molar-refractivity contribution in [2.75, 3.05) is 26.2 Å². The van der Waals surface area contributed by atoms with Crippen LogP contribution in [0.3, 0.4) is 0 Å². The molecular weight excluding hydrogens is 344 g/mol. The van der Waals surface area contributed by atoms with E-state index in [-0.39, 0.29) is 18.3 Å². The zero-order valence-corrected chi connectivity index (χ0v) is 13.9. The molecule has 1 aromatic carbocycles. The van der Waals surface area contributed by atoms with Crippen molar-refractivity contribution in [3.63, 3.8) is 0 Å². The first-order valence-electron chi connectivity index (χ1n) is 6.54. The summed E-state index contributed by atoms with van der Waals surface area (Å²) in [6, 6.07) is 8.03. The molecule has 1 fully saturated rings. The quantitative estimate of drug-likeness (QED) is 0.893. The Hall–Kier alpha value is -0.780.